The molecule has 4 nitrogen and oxygen atoms in total. The smallest absolute Gasteiger partial charge is 0.328 e. The fourth-order valence-corrected chi connectivity index (χ4v) is 1.69. The number of carbonyl (C=O) groups excluding carboxylic acids is 2. The number of hydrogen-bond acceptors (Lipinski definition) is 3. The summed E-state index contributed by atoms with van der Waals surface area (Å²) in [5, 5.41) is 2.62. The minimum Gasteiger partial charge on any atom is -0.464 e. The van der Waals surface area contributed by atoms with Crippen LogP contribution < -0.4 is 5.32 Å². The Hall–Kier alpha value is -1.84. The number of nitrogens with one attached hydrogen (secondary N) is 1. The van der Waals surface area contributed by atoms with Gasteiger partial charge >= 0.3 is 5.97 Å². The van der Waals surface area contributed by atoms with Crippen molar-refractivity contribution < 1.29 is 14.3 Å². The van der Waals surface area contributed by atoms with Crippen molar-refractivity contribution in [3.63, 3.8) is 0 Å². The number of benzene rings is 1. The average molecular weight is 249 g/mol. The summed E-state index contributed by atoms with van der Waals surface area (Å²) in [6.45, 7) is 3.47. The van der Waals surface area contributed by atoms with Gasteiger partial charge in [0, 0.05) is 6.92 Å². The molecule has 98 valence electrons. The van der Waals surface area contributed by atoms with Crippen molar-refractivity contribution in [3.05, 3.63) is 35.9 Å². The Morgan fingerprint density at radius 1 is 1.28 bits per heavy atom. The van der Waals surface area contributed by atoms with E-state index in [1.807, 2.05) is 30.3 Å². The number of carbonyl (C=O) groups is 2. The third kappa shape index (κ3) is 4.99. The molecule has 0 spiro atoms. The van der Waals surface area contributed by atoms with Gasteiger partial charge in [0.25, 0.3) is 0 Å². The van der Waals surface area contributed by atoms with Gasteiger partial charge in [-0.25, -0.2) is 4.79 Å². The van der Waals surface area contributed by atoms with Gasteiger partial charge in [-0.1, -0.05) is 30.3 Å². The first-order valence-corrected chi connectivity index (χ1v) is 6.11. The minimum absolute atomic E-state index is 0.221. The molecule has 0 saturated heterocycles. The molecule has 1 N–H and O–H groups in total. The summed E-state index contributed by atoms with van der Waals surface area (Å²) < 4.78 is 4.94. The zero-order chi connectivity index (χ0) is 13.4. The fourth-order valence-electron chi connectivity index (χ4n) is 1.69. The molecule has 1 rings (SSSR count). The third-order valence-corrected chi connectivity index (χ3v) is 2.51. The van der Waals surface area contributed by atoms with E-state index in [-0.39, 0.29) is 11.9 Å². The van der Waals surface area contributed by atoms with Crippen LogP contribution in [0.1, 0.15) is 25.8 Å². The average Bonchev–Trinajstić information content (AvgIpc) is 2.35. The van der Waals surface area contributed by atoms with Crippen LogP contribution in [0.3, 0.4) is 0 Å². The number of amides is 1. The Kier molecular flexibility index (Phi) is 5.91. The first kappa shape index (κ1) is 14.2. The van der Waals surface area contributed by atoms with Crippen molar-refractivity contribution in [1.29, 1.82) is 0 Å². The van der Waals surface area contributed by atoms with Crippen LogP contribution in [0.15, 0.2) is 30.3 Å². The van der Waals surface area contributed by atoms with Gasteiger partial charge in [-0.15, -0.1) is 0 Å². The van der Waals surface area contributed by atoms with Crippen LogP contribution in [0, 0.1) is 0 Å². The Morgan fingerprint density at radius 2 is 1.94 bits per heavy atom. The van der Waals surface area contributed by atoms with E-state index in [9.17, 15) is 9.59 Å². The lowest BCUT2D eigenvalue weighted by Gasteiger charge is -2.16. The number of aryl methyl sites for hydroxylation is 1. The topological polar surface area (TPSA) is 55.4 Å². The largest absolute Gasteiger partial charge is 0.464 e. The zero-order valence-electron chi connectivity index (χ0n) is 10.8. The van der Waals surface area contributed by atoms with Crippen molar-refractivity contribution >= 4 is 11.9 Å². The molecule has 0 unspecified atom stereocenters. The summed E-state index contributed by atoms with van der Waals surface area (Å²) in [7, 11) is 0. The summed E-state index contributed by atoms with van der Waals surface area (Å²) in [6, 6.07) is 9.27. The first-order chi connectivity index (χ1) is 8.63. The molecule has 0 fully saturated rings. The summed E-state index contributed by atoms with van der Waals surface area (Å²) in [5.74, 6) is -0.593. The van der Waals surface area contributed by atoms with Gasteiger partial charge in [0.2, 0.25) is 5.91 Å². The van der Waals surface area contributed by atoms with Crippen molar-refractivity contribution in [2.75, 3.05) is 6.61 Å². The molecule has 1 aromatic carbocycles. The van der Waals surface area contributed by atoms with Crippen molar-refractivity contribution in [2.45, 2.75) is 32.7 Å². The Balaban J connectivity index is 2.55. The molecule has 0 aliphatic rings. The van der Waals surface area contributed by atoms with E-state index in [1.165, 1.54) is 6.92 Å². The van der Waals surface area contributed by atoms with Crippen LogP contribution in [0.25, 0.3) is 0 Å². The maximum atomic E-state index is 11.7. The van der Waals surface area contributed by atoms with Gasteiger partial charge in [0.1, 0.15) is 6.04 Å². The normalized spacial score (nSPS) is 11.7. The second-order valence-corrected chi connectivity index (χ2v) is 4.03. The van der Waals surface area contributed by atoms with Gasteiger partial charge in [-0.05, 0) is 25.3 Å². The molecule has 0 aliphatic carbocycles. The molecule has 4 heteroatoms. The molecule has 18 heavy (non-hydrogen) atoms. The molecule has 1 aromatic rings. The molecular formula is C14H19NO3. The molecule has 0 aromatic heterocycles. The molecule has 0 aliphatic heterocycles. The van der Waals surface area contributed by atoms with E-state index >= 15 is 0 Å². The summed E-state index contributed by atoms with van der Waals surface area (Å²) in [5.41, 5.74) is 1.14. The number of esters is 1. The minimum atomic E-state index is -0.567. The molecule has 1 atom stereocenters. The molecule has 0 saturated carbocycles. The maximum absolute atomic E-state index is 11.7. The van der Waals surface area contributed by atoms with E-state index in [0.29, 0.717) is 13.0 Å². The predicted octanol–water partition coefficient (Wildman–Crippen LogP) is 1.69. The van der Waals surface area contributed by atoms with E-state index < -0.39 is 6.04 Å². The molecular weight excluding hydrogens is 230 g/mol. The highest BCUT2D eigenvalue weighted by Crippen LogP contribution is 2.06. The Labute approximate surface area is 107 Å². The van der Waals surface area contributed by atoms with Crippen molar-refractivity contribution in [3.8, 4) is 0 Å². The first-order valence-electron chi connectivity index (χ1n) is 6.11. The molecule has 0 heterocycles. The second kappa shape index (κ2) is 7.48. The van der Waals surface area contributed by atoms with Gasteiger partial charge in [-0.3, -0.25) is 4.79 Å². The lowest BCUT2D eigenvalue weighted by Crippen LogP contribution is -2.41. The van der Waals surface area contributed by atoms with Gasteiger partial charge in [0.15, 0.2) is 0 Å². The van der Waals surface area contributed by atoms with Gasteiger partial charge in [0.05, 0.1) is 6.61 Å². The van der Waals surface area contributed by atoms with Gasteiger partial charge in [-0.2, -0.15) is 0 Å². The van der Waals surface area contributed by atoms with Crippen LogP contribution in [0.5, 0.6) is 0 Å². The summed E-state index contributed by atoms with van der Waals surface area (Å²) in [6.07, 6.45) is 1.27. The SMILES string of the molecule is CCOC(=O)[C@@H](CCc1ccccc1)NC(C)=O. The summed E-state index contributed by atoms with van der Waals surface area (Å²) >= 11 is 0. The van der Waals surface area contributed by atoms with Crippen molar-refractivity contribution in [1.82, 2.24) is 5.32 Å². The van der Waals surface area contributed by atoms with Gasteiger partial charge < -0.3 is 10.1 Å². The zero-order valence-corrected chi connectivity index (χ0v) is 10.8. The third-order valence-electron chi connectivity index (χ3n) is 2.51. The molecule has 1 amide bonds. The van der Waals surface area contributed by atoms with E-state index in [2.05, 4.69) is 5.32 Å². The van der Waals surface area contributed by atoms with Crippen LogP contribution in [0.4, 0.5) is 0 Å². The van der Waals surface area contributed by atoms with E-state index in [0.717, 1.165) is 12.0 Å². The van der Waals surface area contributed by atoms with Crippen molar-refractivity contribution in [2.24, 2.45) is 0 Å². The fraction of sp³-hybridized carbons (Fsp3) is 0.429. The van der Waals surface area contributed by atoms with Crippen LogP contribution in [0.2, 0.25) is 0 Å². The highest BCUT2D eigenvalue weighted by Gasteiger charge is 2.20. The lowest BCUT2D eigenvalue weighted by molar-refractivity contribution is -0.147. The molecule has 0 bridgehead atoms. The standard InChI is InChI=1S/C14H19NO3/c1-3-18-14(17)13(15-11(2)16)10-9-12-7-5-4-6-8-12/h4-8,13H,3,9-10H2,1-2H3,(H,15,16)/t13-/m1/s1. The monoisotopic (exact) mass is 249 g/mol. The Bertz CT molecular complexity index is 389. The van der Waals surface area contributed by atoms with E-state index in [4.69, 9.17) is 4.74 Å². The Morgan fingerprint density at radius 3 is 2.50 bits per heavy atom. The quantitative estimate of drug-likeness (QED) is 0.780. The van der Waals surface area contributed by atoms with Crippen LogP contribution in [-0.2, 0) is 20.7 Å². The number of hydrogen-bond donors (Lipinski definition) is 1. The highest BCUT2D eigenvalue weighted by atomic mass is 16.5. The highest BCUT2D eigenvalue weighted by molar-refractivity contribution is 5.83. The van der Waals surface area contributed by atoms with Crippen LogP contribution in [-0.4, -0.2) is 24.5 Å². The molecule has 0 radical (unpaired) electrons. The number of ether oxygens (including phenoxy) is 1. The lowest BCUT2D eigenvalue weighted by atomic mass is 10.1. The maximum Gasteiger partial charge on any atom is 0.328 e. The van der Waals surface area contributed by atoms with E-state index in [1.54, 1.807) is 6.92 Å². The van der Waals surface area contributed by atoms with Crippen LogP contribution >= 0.6 is 0 Å². The second-order valence-electron chi connectivity index (χ2n) is 4.03. The number of rotatable bonds is 6. The predicted molar refractivity (Wildman–Crippen MR) is 69.0 cm³/mol. The summed E-state index contributed by atoms with van der Waals surface area (Å²) in [4.78, 5) is 22.7.